The fraction of sp³-hybridized carbons (Fsp3) is 0.533. The Hall–Kier alpha value is -1.75. The van der Waals surface area contributed by atoms with E-state index >= 15 is 0 Å². The van der Waals surface area contributed by atoms with Crippen LogP contribution in [0, 0.1) is 11.3 Å². The van der Waals surface area contributed by atoms with Gasteiger partial charge < -0.3 is 20.5 Å². The number of ether oxygens (including phenoxy) is 1. The van der Waals surface area contributed by atoms with Crippen LogP contribution in [0.5, 0.6) is 11.5 Å². The highest BCUT2D eigenvalue weighted by atomic mass is 16.5. The molecular weight excluding hydrogens is 256 g/mol. The van der Waals surface area contributed by atoms with Gasteiger partial charge in [0.2, 0.25) is 5.91 Å². The predicted octanol–water partition coefficient (Wildman–Crippen LogP) is 1.73. The molecule has 1 aliphatic heterocycles. The first-order chi connectivity index (χ1) is 9.64. The van der Waals surface area contributed by atoms with Crippen LogP contribution in [0.2, 0.25) is 0 Å². The number of amides is 1. The molecule has 0 radical (unpaired) electrons. The fourth-order valence-corrected chi connectivity index (χ4v) is 3.16. The Morgan fingerprint density at radius 2 is 2.20 bits per heavy atom. The molecule has 1 aliphatic carbocycles. The zero-order chi connectivity index (χ0) is 14.2. The Kier molecular flexibility index (Phi) is 3.30. The SMILES string of the molecule is COc1ccc(NC(=O)C2CC23CCNCC3)c(O)c1. The summed E-state index contributed by atoms with van der Waals surface area (Å²) in [5.74, 6) is 0.720. The molecule has 1 spiro atoms. The minimum atomic E-state index is 0.0207. The van der Waals surface area contributed by atoms with Crippen LogP contribution in [0.15, 0.2) is 18.2 Å². The molecule has 1 amide bonds. The summed E-state index contributed by atoms with van der Waals surface area (Å²) in [5, 5.41) is 16.0. The van der Waals surface area contributed by atoms with Gasteiger partial charge in [0, 0.05) is 12.0 Å². The quantitative estimate of drug-likeness (QED) is 0.735. The first kappa shape index (κ1) is 13.2. The zero-order valence-electron chi connectivity index (χ0n) is 11.6. The second-order valence-corrected chi connectivity index (χ2v) is 5.74. The number of phenols is 1. The number of carbonyl (C=O) groups excluding carboxylic acids is 1. The van der Waals surface area contributed by atoms with Crippen molar-refractivity contribution in [3.8, 4) is 11.5 Å². The summed E-state index contributed by atoms with van der Waals surface area (Å²) in [6.45, 7) is 2.00. The van der Waals surface area contributed by atoms with Crippen molar-refractivity contribution < 1.29 is 14.6 Å². The van der Waals surface area contributed by atoms with Crippen molar-refractivity contribution >= 4 is 11.6 Å². The number of phenolic OH excluding ortho intramolecular Hbond substituents is 1. The molecule has 1 saturated carbocycles. The number of nitrogens with one attached hydrogen (secondary N) is 2. The highest BCUT2D eigenvalue weighted by molar-refractivity contribution is 5.96. The summed E-state index contributed by atoms with van der Waals surface area (Å²) in [6.07, 6.45) is 3.11. The third-order valence-corrected chi connectivity index (χ3v) is 4.57. The lowest BCUT2D eigenvalue weighted by Gasteiger charge is -2.23. The van der Waals surface area contributed by atoms with E-state index in [2.05, 4.69) is 10.6 Å². The minimum Gasteiger partial charge on any atom is -0.506 e. The van der Waals surface area contributed by atoms with Gasteiger partial charge in [-0.2, -0.15) is 0 Å². The largest absolute Gasteiger partial charge is 0.506 e. The summed E-state index contributed by atoms with van der Waals surface area (Å²) in [5.41, 5.74) is 0.657. The van der Waals surface area contributed by atoms with Gasteiger partial charge >= 0.3 is 0 Å². The molecule has 1 aromatic rings. The summed E-state index contributed by atoms with van der Waals surface area (Å²) >= 11 is 0. The topological polar surface area (TPSA) is 70.6 Å². The van der Waals surface area contributed by atoms with Gasteiger partial charge in [0.05, 0.1) is 12.8 Å². The van der Waals surface area contributed by atoms with Crippen LogP contribution in [0.4, 0.5) is 5.69 Å². The number of methoxy groups -OCH3 is 1. The van der Waals surface area contributed by atoms with E-state index in [1.54, 1.807) is 12.1 Å². The van der Waals surface area contributed by atoms with E-state index in [0.717, 1.165) is 32.4 Å². The van der Waals surface area contributed by atoms with Crippen molar-refractivity contribution in [1.82, 2.24) is 5.32 Å². The number of piperidine rings is 1. The van der Waals surface area contributed by atoms with Crippen molar-refractivity contribution in [1.29, 1.82) is 0 Å². The molecule has 20 heavy (non-hydrogen) atoms. The number of hydrogen-bond acceptors (Lipinski definition) is 4. The zero-order valence-corrected chi connectivity index (χ0v) is 11.6. The molecule has 0 aromatic heterocycles. The first-order valence-corrected chi connectivity index (χ1v) is 7.03. The molecule has 5 heteroatoms. The first-order valence-electron chi connectivity index (χ1n) is 7.03. The van der Waals surface area contributed by atoms with Crippen molar-refractivity contribution in [3.63, 3.8) is 0 Å². The average Bonchev–Trinajstić information content (AvgIpc) is 3.15. The van der Waals surface area contributed by atoms with Crippen LogP contribution < -0.4 is 15.4 Å². The van der Waals surface area contributed by atoms with Crippen molar-refractivity contribution in [2.45, 2.75) is 19.3 Å². The Bertz CT molecular complexity index is 524. The maximum atomic E-state index is 12.3. The average molecular weight is 276 g/mol. The molecular formula is C15H20N2O3. The second kappa shape index (κ2) is 4.98. The lowest BCUT2D eigenvalue weighted by Crippen LogP contribution is -2.31. The van der Waals surface area contributed by atoms with E-state index < -0.39 is 0 Å². The number of anilines is 1. The van der Waals surface area contributed by atoms with Crippen LogP contribution in [-0.4, -0.2) is 31.2 Å². The monoisotopic (exact) mass is 276 g/mol. The van der Waals surface area contributed by atoms with Gasteiger partial charge in [0.25, 0.3) is 0 Å². The van der Waals surface area contributed by atoms with Gasteiger partial charge in [-0.15, -0.1) is 0 Å². The van der Waals surface area contributed by atoms with Crippen molar-refractivity contribution in [2.75, 3.05) is 25.5 Å². The van der Waals surface area contributed by atoms with E-state index in [4.69, 9.17) is 4.74 Å². The van der Waals surface area contributed by atoms with Gasteiger partial charge in [-0.3, -0.25) is 4.79 Å². The maximum absolute atomic E-state index is 12.3. The normalized spacial score (nSPS) is 23.4. The van der Waals surface area contributed by atoms with E-state index in [1.165, 1.54) is 13.2 Å². The molecule has 1 heterocycles. The van der Waals surface area contributed by atoms with E-state index in [9.17, 15) is 9.90 Å². The van der Waals surface area contributed by atoms with E-state index in [1.807, 2.05) is 0 Å². The second-order valence-electron chi connectivity index (χ2n) is 5.74. The molecule has 5 nitrogen and oxygen atoms in total. The number of carbonyl (C=O) groups is 1. The highest BCUT2D eigenvalue weighted by Crippen LogP contribution is 2.58. The molecule has 1 unspecified atom stereocenters. The molecule has 108 valence electrons. The number of hydrogen-bond donors (Lipinski definition) is 3. The smallest absolute Gasteiger partial charge is 0.228 e. The molecule has 3 rings (SSSR count). The molecule has 1 aromatic carbocycles. The van der Waals surface area contributed by atoms with Gasteiger partial charge in [-0.05, 0) is 49.9 Å². The molecule has 2 aliphatic rings. The Morgan fingerprint density at radius 3 is 2.85 bits per heavy atom. The number of rotatable bonds is 3. The molecule has 2 fully saturated rings. The van der Waals surface area contributed by atoms with Crippen LogP contribution >= 0.6 is 0 Å². The molecule has 0 bridgehead atoms. The Balaban J connectivity index is 1.65. The van der Waals surface area contributed by atoms with Crippen molar-refractivity contribution in [3.05, 3.63) is 18.2 Å². The number of aromatic hydroxyl groups is 1. The highest BCUT2D eigenvalue weighted by Gasteiger charge is 2.57. The fourth-order valence-electron chi connectivity index (χ4n) is 3.16. The minimum absolute atomic E-state index is 0.0207. The van der Waals surface area contributed by atoms with Gasteiger partial charge in [-0.25, -0.2) is 0 Å². The Labute approximate surface area is 118 Å². The standard InChI is InChI=1S/C15H20N2O3/c1-20-10-2-3-12(13(18)8-10)17-14(19)11-9-15(11)4-6-16-7-5-15/h2-3,8,11,16,18H,4-7,9H2,1H3,(H,17,19). The third kappa shape index (κ3) is 2.33. The molecule has 1 saturated heterocycles. The summed E-state index contributed by atoms with van der Waals surface area (Å²) < 4.78 is 5.03. The maximum Gasteiger partial charge on any atom is 0.228 e. The lowest BCUT2D eigenvalue weighted by atomic mass is 9.92. The van der Waals surface area contributed by atoms with Crippen LogP contribution in [0.25, 0.3) is 0 Å². The summed E-state index contributed by atoms with van der Waals surface area (Å²) in [7, 11) is 1.54. The lowest BCUT2D eigenvalue weighted by molar-refractivity contribution is -0.118. The van der Waals surface area contributed by atoms with Gasteiger partial charge in [0.1, 0.15) is 11.5 Å². The third-order valence-electron chi connectivity index (χ3n) is 4.57. The van der Waals surface area contributed by atoms with Gasteiger partial charge in [0.15, 0.2) is 0 Å². The Morgan fingerprint density at radius 1 is 1.45 bits per heavy atom. The van der Waals surface area contributed by atoms with Gasteiger partial charge in [-0.1, -0.05) is 0 Å². The summed E-state index contributed by atoms with van der Waals surface area (Å²) in [6, 6.07) is 4.90. The number of benzene rings is 1. The molecule has 3 N–H and O–H groups in total. The van der Waals surface area contributed by atoms with Crippen molar-refractivity contribution in [2.24, 2.45) is 11.3 Å². The molecule has 1 atom stereocenters. The van der Waals surface area contributed by atoms with E-state index in [-0.39, 0.29) is 23.0 Å². The summed E-state index contributed by atoms with van der Waals surface area (Å²) in [4.78, 5) is 12.3. The van der Waals surface area contributed by atoms with Crippen LogP contribution in [0.1, 0.15) is 19.3 Å². The van der Waals surface area contributed by atoms with E-state index in [0.29, 0.717) is 11.4 Å². The van der Waals surface area contributed by atoms with Crippen LogP contribution in [-0.2, 0) is 4.79 Å². The predicted molar refractivity (Wildman–Crippen MR) is 75.9 cm³/mol. The van der Waals surface area contributed by atoms with Crippen LogP contribution in [0.3, 0.4) is 0 Å².